The minimum absolute atomic E-state index is 1.20. The third-order valence-corrected chi connectivity index (χ3v) is 9.55. The molecule has 4 aromatic rings. The summed E-state index contributed by atoms with van der Waals surface area (Å²) in [5, 5.41) is 0. The van der Waals surface area contributed by atoms with Gasteiger partial charge in [0, 0.05) is 9.79 Å². The molecule has 0 radical (unpaired) electrons. The van der Waals surface area contributed by atoms with E-state index >= 15 is 0 Å². The number of unbranched alkanes of at least 4 members (excludes halogenated alkanes) is 10. The van der Waals surface area contributed by atoms with Crippen molar-refractivity contribution in [2.45, 2.75) is 114 Å². The molecule has 0 atom stereocenters. The zero-order valence-electron chi connectivity index (χ0n) is 27.9. The largest absolute Gasteiger partial charge is 0.0901 e. The van der Waals surface area contributed by atoms with Crippen LogP contribution in [0.2, 0.25) is 0 Å². The highest BCUT2D eigenvalue weighted by molar-refractivity contribution is 7.99. The Balaban J connectivity index is 1.18. The van der Waals surface area contributed by atoms with Gasteiger partial charge in [-0.2, -0.15) is 0 Å². The highest BCUT2D eigenvalue weighted by Gasteiger charge is 2.00. The van der Waals surface area contributed by atoms with Crippen LogP contribution in [0.4, 0.5) is 0 Å². The highest BCUT2D eigenvalue weighted by Crippen LogP contribution is 2.28. The van der Waals surface area contributed by atoms with E-state index in [0.29, 0.717) is 0 Å². The third kappa shape index (κ3) is 13.7. The summed E-state index contributed by atoms with van der Waals surface area (Å²) >= 11 is 1.81. The first-order chi connectivity index (χ1) is 22.2. The number of rotatable bonds is 20. The Labute approximate surface area is 279 Å². The van der Waals surface area contributed by atoms with Crippen LogP contribution >= 0.6 is 11.8 Å². The number of hydrogen-bond acceptors (Lipinski definition) is 1. The van der Waals surface area contributed by atoms with E-state index in [4.69, 9.17) is 0 Å². The molecule has 0 saturated heterocycles. The highest BCUT2D eigenvalue weighted by atomic mass is 32.2. The first-order valence-electron chi connectivity index (χ1n) is 17.6. The molecule has 45 heavy (non-hydrogen) atoms. The van der Waals surface area contributed by atoms with Crippen molar-refractivity contribution in [2.75, 3.05) is 0 Å². The Morgan fingerprint density at radius 2 is 0.644 bits per heavy atom. The van der Waals surface area contributed by atoms with Crippen molar-refractivity contribution in [2.24, 2.45) is 0 Å². The zero-order valence-corrected chi connectivity index (χ0v) is 28.7. The van der Waals surface area contributed by atoms with Gasteiger partial charge in [-0.1, -0.05) is 187 Å². The van der Waals surface area contributed by atoms with Crippen LogP contribution in [0.5, 0.6) is 0 Å². The summed E-state index contributed by atoms with van der Waals surface area (Å²) in [6.07, 6.45) is 27.5. The van der Waals surface area contributed by atoms with Crippen LogP contribution in [0.15, 0.2) is 107 Å². The second kappa shape index (κ2) is 20.7. The van der Waals surface area contributed by atoms with Crippen molar-refractivity contribution < 1.29 is 0 Å². The van der Waals surface area contributed by atoms with Gasteiger partial charge in [0.05, 0.1) is 0 Å². The molecule has 0 nitrogen and oxygen atoms in total. The molecule has 0 bridgehead atoms. The first-order valence-corrected chi connectivity index (χ1v) is 18.5. The Hall–Kier alpha value is -3.29. The quantitative estimate of drug-likeness (QED) is 0.0705. The number of benzene rings is 4. The molecule has 0 N–H and O–H groups in total. The van der Waals surface area contributed by atoms with Gasteiger partial charge < -0.3 is 0 Å². The van der Waals surface area contributed by atoms with E-state index in [-0.39, 0.29) is 0 Å². The topological polar surface area (TPSA) is 0 Å². The molecule has 0 amide bonds. The number of aryl methyl sites for hydroxylation is 2. The van der Waals surface area contributed by atoms with Gasteiger partial charge in [0.15, 0.2) is 0 Å². The molecular formula is C44H54S. The molecule has 0 saturated carbocycles. The van der Waals surface area contributed by atoms with E-state index in [1.54, 1.807) is 0 Å². The summed E-state index contributed by atoms with van der Waals surface area (Å²) in [5.74, 6) is 0. The van der Waals surface area contributed by atoms with Gasteiger partial charge in [0.25, 0.3) is 0 Å². The van der Waals surface area contributed by atoms with Crippen molar-refractivity contribution >= 4 is 36.1 Å². The molecule has 0 aliphatic carbocycles. The van der Waals surface area contributed by atoms with Gasteiger partial charge in [-0.3, -0.25) is 0 Å². The lowest BCUT2D eigenvalue weighted by Gasteiger charge is -2.04. The first kappa shape index (κ1) is 34.6. The standard InChI is InChI=1S/C44H54S/c1-3-5-7-9-11-13-15-37-17-21-39(22-18-37)25-27-41-29-33-43(34-30-41)45-44-35-31-42(32-36-44)28-26-40-23-19-38(20-24-40)16-14-12-10-8-6-4-2/h17-36H,3-16H2,1-2H3/b27-25+,28-26+. The second-order valence-electron chi connectivity index (χ2n) is 12.4. The molecule has 0 fully saturated rings. The predicted molar refractivity (Wildman–Crippen MR) is 202 cm³/mol. The molecule has 0 spiro atoms. The normalized spacial score (nSPS) is 11.6. The fourth-order valence-corrected chi connectivity index (χ4v) is 6.44. The molecule has 1 heteroatoms. The van der Waals surface area contributed by atoms with Crippen LogP contribution in [0, 0.1) is 0 Å². The molecular weight excluding hydrogens is 561 g/mol. The van der Waals surface area contributed by atoms with Crippen LogP contribution in [0.25, 0.3) is 24.3 Å². The van der Waals surface area contributed by atoms with Crippen LogP contribution in [-0.2, 0) is 12.8 Å². The molecule has 0 unspecified atom stereocenters. The van der Waals surface area contributed by atoms with E-state index in [2.05, 4.69) is 135 Å². The fraction of sp³-hybridized carbons (Fsp3) is 0.364. The summed E-state index contributed by atoms with van der Waals surface area (Å²) in [6, 6.07) is 35.9. The lowest BCUT2D eigenvalue weighted by atomic mass is 10.0. The summed E-state index contributed by atoms with van der Waals surface area (Å²) in [6.45, 7) is 4.56. The van der Waals surface area contributed by atoms with Gasteiger partial charge in [-0.15, -0.1) is 0 Å². The summed E-state index contributed by atoms with van der Waals surface area (Å²) in [5.41, 5.74) is 7.89. The van der Waals surface area contributed by atoms with Gasteiger partial charge in [-0.05, 0) is 83.3 Å². The average molecular weight is 615 g/mol. The van der Waals surface area contributed by atoms with Crippen molar-refractivity contribution in [3.8, 4) is 0 Å². The van der Waals surface area contributed by atoms with E-state index in [0.717, 1.165) is 0 Å². The lowest BCUT2D eigenvalue weighted by Crippen LogP contribution is -1.86. The smallest absolute Gasteiger partial charge is 0.0122 e. The summed E-state index contributed by atoms with van der Waals surface area (Å²) < 4.78 is 0. The summed E-state index contributed by atoms with van der Waals surface area (Å²) in [7, 11) is 0. The molecule has 0 aliphatic rings. The van der Waals surface area contributed by atoms with E-state index in [9.17, 15) is 0 Å². The van der Waals surface area contributed by atoms with Gasteiger partial charge in [-0.25, -0.2) is 0 Å². The Morgan fingerprint density at radius 1 is 0.356 bits per heavy atom. The van der Waals surface area contributed by atoms with Crippen LogP contribution in [0.1, 0.15) is 124 Å². The van der Waals surface area contributed by atoms with Gasteiger partial charge >= 0.3 is 0 Å². The van der Waals surface area contributed by atoms with Crippen molar-refractivity contribution in [1.82, 2.24) is 0 Å². The molecule has 0 heterocycles. The van der Waals surface area contributed by atoms with Gasteiger partial charge in [0.1, 0.15) is 0 Å². The van der Waals surface area contributed by atoms with E-state index < -0.39 is 0 Å². The Morgan fingerprint density at radius 3 is 0.978 bits per heavy atom. The van der Waals surface area contributed by atoms with E-state index in [1.165, 1.54) is 133 Å². The molecule has 0 aromatic heterocycles. The third-order valence-electron chi connectivity index (χ3n) is 8.53. The molecule has 4 aromatic carbocycles. The monoisotopic (exact) mass is 614 g/mol. The van der Waals surface area contributed by atoms with Gasteiger partial charge in [0.2, 0.25) is 0 Å². The minimum Gasteiger partial charge on any atom is -0.0901 e. The molecule has 4 rings (SSSR count). The second-order valence-corrected chi connectivity index (χ2v) is 13.6. The average Bonchev–Trinajstić information content (AvgIpc) is 3.08. The predicted octanol–water partition coefficient (Wildman–Crippen LogP) is 14.0. The lowest BCUT2D eigenvalue weighted by molar-refractivity contribution is 0.607. The van der Waals surface area contributed by atoms with Crippen LogP contribution in [-0.4, -0.2) is 0 Å². The maximum atomic E-state index is 2.29. The SMILES string of the molecule is CCCCCCCCc1ccc(/C=C/c2ccc(Sc3ccc(/C=C/c4ccc(CCCCCCCC)cc4)cc3)cc2)cc1. The van der Waals surface area contributed by atoms with Crippen molar-refractivity contribution in [3.63, 3.8) is 0 Å². The Bertz CT molecular complexity index is 1280. The fourth-order valence-electron chi connectivity index (χ4n) is 5.62. The van der Waals surface area contributed by atoms with Crippen molar-refractivity contribution in [3.05, 3.63) is 130 Å². The Kier molecular flexibility index (Phi) is 15.9. The van der Waals surface area contributed by atoms with Crippen LogP contribution < -0.4 is 0 Å². The molecule has 0 aliphatic heterocycles. The van der Waals surface area contributed by atoms with E-state index in [1.807, 2.05) is 11.8 Å². The molecule has 236 valence electrons. The zero-order chi connectivity index (χ0) is 31.4. The summed E-state index contributed by atoms with van der Waals surface area (Å²) in [4.78, 5) is 2.52. The maximum Gasteiger partial charge on any atom is 0.0122 e. The van der Waals surface area contributed by atoms with Crippen molar-refractivity contribution in [1.29, 1.82) is 0 Å². The van der Waals surface area contributed by atoms with Crippen LogP contribution in [0.3, 0.4) is 0 Å². The minimum atomic E-state index is 1.20. The number of hydrogen-bond donors (Lipinski definition) is 0. The maximum absolute atomic E-state index is 2.29.